The molecule has 0 fully saturated rings. The van der Waals surface area contributed by atoms with Gasteiger partial charge in [-0.05, 0) is 19.9 Å². The molecular weight excluding hydrogens is 240 g/mol. The second kappa shape index (κ2) is 7.48. The van der Waals surface area contributed by atoms with E-state index in [0.717, 1.165) is 18.9 Å². The number of aliphatic hydroxyl groups is 1. The van der Waals surface area contributed by atoms with E-state index in [1.165, 1.54) is 0 Å². The van der Waals surface area contributed by atoms with Gasteiger partial charge in [-0.15, -0.1) is 0 Å². The Hall–Kier alpha value is -0.840. The molecule has 1 N–H and O–H groups in total. The highest BCUT2D eigenvalue weighted by Crippen LogP contribution is 2.20. The maximum atomic E-state index is 9.16. The van der Waals surface area contributed by atoms with Crippen LogP contribution in [0.25, 0.3) is 0 Å². The first-order valence-corrected chi connectivity index (χ1v) is 6.18. The maximum Gasteiger partial charge on any atom is 0.129 e. The predicted molar refractivity (Wildman–Crippen MR) is 69.5 cm³/mol. The lowest BCUT2D eigenvalue weighted by Crippen LogP contribution is -2.28. The number of nitrogens with zero attached hydrogens (tertiary/aromatic N) is 2. The normalized spacial score (nSPS) is 10.6. The topological polar surface area (TPSA) is 45.6 Å². The first-order valence-electron chi connectivity index (χ1n) is 5.80. The summed E-state index contributed by atoms with van der Waals surface area (Å²) in [4.78, 5) is 6.35. The van der Waals surface area contributed by atoms with Crippen molar-refractivity contribution < 1.29 is 9.84 Å². The Morgan fingerprint density at radius 3 is 2.82 bits per heavy atom. The molecule has 0 aliphatic carbocycles. The van der Waals surface area contributed by atoms with Gasteiger partial charge in [0, 0.05) is 31.5 Å². The molecule has 1 aromatic rings. The molecule has 0 radical (unpaired) electrons. The van der Waals surface area contributed by atoms with Crippen LogP contribution in [0.15, 0.2) is 12.3 Å². The largest absolute Gasteiger partial charge is 0.392 e. The molecule has 0 amide bonds. The van der Waals surface area contributed by atoms with Gasteiger partial charge in [-0.3, -0.25) is 0 Å². The molecule has 0 spiro atoms. The Kier molecular flexibility index (Phi) is 6.26. The summed E-state index contributed by atoms with van der Waals surface area (Å²) in [5.74, 6) is 0.820. The number of ether oxygens (including phenoxy) is 1. The van der Waals surface area contributed by atoms with E-state index in [4.69, 9.17) is 21.4 Å². The summed E-state index contributed by atoms with van der Waals surface area (Å²) in [6.45, 7) is 6.96. The average Bonchev–Trinajstić information content (AvgIpc) is 2.36. The van der Waals surface area contributed by atoms with E-state index in [9.17, 15) is 0 Å². The van der Waals surface area contributed by atoms with Crippen molar-refractivity contribution in [3.05, 3.63) is 22.8 Å². The molecule has 5 heteroatoms. The van der Waals surface area contributed by atoms with E-state index < -0.39 is 0 Å². The van der Waals surface area contributed by atoms with Crippen LogP contribution in [0.5, 0.6) is 0 Å². The van der Waals surface area contributed by atoms with Crippen LogP contribution in [0, 0.1) is 0 Å². The Labute approximate surface area is 107 Å². The lowest BCUT2D eigenvalue weighted by Gasteiger charge is -2.22. The van der Waals surface area contributed by atoms with Gasteiger partial charge in [0.1, 0.15) is 5.82 Å². The molecule has 1 rings (SSSR count). The van der Waals surface area contributed by atoms with Crippen LogP contribution in [-0.4, -0.2) is 36.4 Å². The summed E-state index contributed by atoms with van der Waals surface area (Å²) < 4.78 is 5.32. The monoisotopic (exact) mass is 258 g/mol. The number of hydrogen-bond donors (Lipinski definition) is 1. The Bertz CT molecular complexity index is 347. The van der Waals surface area contributed by atoms with E-state index in [-0.39, 0.29) is 6.61 Å². The fourth-order valence-electron chi connectivity index (χ4n) is 1.52. The smallest absolute Gasteiger partial charge is 0.129 e. The zero-order valence-electron chi connectivity index (χ0n) is 10.3. The van der Waals surface area contributed by atoms with Crippen LogP contribution in [0.4, 0.5) is 5.82 Å². The zero-order valence-corrected chi connectivity index (χ0v) is 11.1. The van der Waals surface area contributed by atoms with Gasteiger partial charge < -0.3 is 14.7 Å². The highest BCUT2D eigenvalue weighted by molar-refractivity contribution is 6.31. The first kappa shape index (κ1) is 14.2. The van der Waals surface area contributed by atoms with E-state index in [2.05, 4.69) is 16.8 Å². The lowest BCUT2D eigenvalue weighted by molar-refractivity contribution is 0.154. The number of aliphatic hydroxyl groups excluding tert-OH is 1. The number of anilines is 1. The molecule has 0 unspecified atom stereocenters. The van der Waals surface area contributed by atoms with Crippen LogP contribution in [-0.2, 0) is 11.3 Å². The number of rotatable bonds is 7. The summed E-state index contributed by atoms with van der Waals surface area (Å²) in [5, 5.41) is 9.65. The predicted octanol–water partition coefficient (Wildman–Crippen LogP) is 2.09. The van der Waals surface area contributed by atoms with Crippen LogP contribution in [0.3, 0.4) is 0 Å². The maximum absolute atomic E-state index is 9.16. The summed E-state index contributed by atoms with van der Waals surface area (Å²) in [6.07, 6.45) is 1.58. The molecule has 96 valence electrons. The van der Waals surface area contributed by atoms with Crippen molar-refractivity contribution in [1.29, 1.82) is 0 Å². The minimum atomic E-state index is -0.0721. The first-order chi connectivity index (χ1) is 8.22. The van der Waals surface area contributed by atoms with Gasteiger partial charge in [0.05, 0.1) is 18.2 Å². The van der Waals surface area contributed by atoms with Gasteiger partial charge in [-0.25, -0.2) is 4.98 Å². The quantitative estimate of drug-likeness (QED) is 0.761. The Balaban J connectivity index is 2.73. The average molecular weight is 259 g/mol. The van der Waals surface area contributed by atoms with Gasteiger partial charge in [0.2, 0.25) is 0 Å². The number of likely N-dealkylation sites (N-methyl/N-ethyl adjacent to an activating group) is 1. The molecule has 0 atom stereocenters. The minimum Gasteiger partial charge on any atom is -0.392 e. The summed E-state index contributed by atoms with van der Waals surface area (Å²) in [5.41, 5.74) is 0.700. The number of aromatic nitrogens is 1. The Morgan fingerprint density at radius 1 is 1.47 bits per heavy atom. The van der Waals surface area contributed by atoms with Crippen LogP contribution in [0.1, 0.15) is 19.4 Å². The van der Waals surface area contributed by atoms with Crippen molar-refractivity contribution in [1.82, 2.24) is 4.98 Å². The third-order valence-electron chi connectivity index (χ3n) is 2.51. The van der Waals surface area contributed by atoms with Crippen molar-refractivity contribution in [2.24, 2.45) is 0 Å². The SMILES string of the molecule is CCOCCN(CC)c1cc(CO)c(Cl)cn1. The van der Waals surface area contributed by atoms with Crippen LogP contribution >= 0.6 is 11.6 Å². The van der Waals surface area contributed by atoms with E-state index >= 15 is 0 Å². The molecular formula is C12H19ClN2O2. The molecule has 4 nitrogen and oxygen atoms in total. The fourth-order valence-corrected chi connectivity index (χ4v) is 1.68. The highest BCUT2D eigenvalue weighted by Gasteiger charge is 2.08. The fraction of sp³-hybridized carbons (Fsp3) is 0.583. The van der Waals surface area contributed by atoms with Crippen LogP contribution in [0.2, 0.25) is 5.02 Å². The molecule has 0 aliphatic rings. The summed E-state index contributed by atoms with van der Waals surface area (Å²) >= 11 is 5.91. The van der Waals surface area contributed by atoms with Gasteiger partial charge in [0.25, 0.3) is 0 Å². The summed E-state index contributed by atoms with van der Waals surface area (Å²) in [7, 11) is 0. The standard InChI is InChI=1S/C12H19ClN2O2/c1-3-15(5-6-17-4-2)12-7-10(9-16)11(13)8-14-12/h7-8,16H,3-6,9H2,1-2H3. The van der Waals surface area contributed by atoms with Crippen molar-refractivity contribution in [3.8, 4) is 0 Å². The number of pyridine rings is 1. The molecule has 0 aliphatic heterocycles. The van der Waals surface area contributed by atoms with Crippen molar-refractivity contribution in [2.45, 2.75) is 20.5 Å². The third kappa shape index (κ3) is 4.15. The van der Waals surface area contributed by atoms with Crippen molar-refractivity contribution >= 4 is 17.4 Å². The second-order valence-corrected chi connectivity index (χ2v) is 3.98. The van der Waals surface area contributed by atoms with E-state index in [1.54, 1.807) is 6.20 Å². The van der Waals surface area contributed by atoms with Gasteiger partial charge in [-0.1, -0.05) is 11.6 Å². The molecule has 0 saturated heterocycles. The van der Waals surface area contributed by atoms with Crippen molar-refractivity contribution in [2.75, 3.05) is 31.2 Å². The van der Waals surface area contributed by atoms with Gasteiger partial charge in [-0.2, -0.15) is 0 Å². The molecule has 1 heterocycles. The van der Waals surface area contributed by atoms with Crippen LogP contribution < -0.4 is 4.90 Å². The van der Waals surface area contributed by atoms with Crippen molar-refractivity contribution in [3.63, 3.8) is 0 Å². The number of halogens is 1. The number of hydrogen-bond acceptors (Lipinski definition) is 4. The molecule has 0 bridgehead atoms. The van der Waals surface area contributed by atoms with E-state index in [1.807, 2.05) is 13.0 Å². The van der Waals surface area contributed by atoms with Gasteiger partial charge in [0.15, 0.2) is 0 Å². The molecule has 0 saturated carbocycles. The van der Waals surface area contributed by atoms with E-state index in [0.29, 0.717) is 23.8 Å². The summed E-state index contributed by atoms with van der Waals surface area (Å²) in [6, 6.07) is 1.82. The highest BCUT2D eigenvalue weighted by atomic mass is 35.5. The van der Waals surface area contributed by atoms with Gasteiger partial charge >= 0.3 is 0 Å². The second-order valence-electron chi connectivity index (χ2n) is 3.57. The third-order valence-corrected chi connectivity index (χ3v) is 2.85. The molecule has 0 aromatic carbocycles. The lowest BCUT2D eigenvalue weighted by atomic mass is 10.2. The Morgan fingerprint density at radius 2 is 2.24 bits per heavy atom. The molecule has 17 heavy (non-hydrogen) atoms. The minimum absolute atomic E-state index is 0.0721. The zero-order chi connectivity index (χ0) is 12.7. The molecule has 1 aromatic heterocycles.